The molecule has 0 bridgehead atoms. The first-order valence-corrected chi connectivity index (χ1v) is 12.1. The highest BCUT2D eigenvalue weighted by atomic mass is 19.4. The van der Waals surface area contributed by atoms with Gasteiger partial charge in [0.1, 0.15) is 5.82 Å². The number of nitrogens with two attached hydrogens (primary N) is 1. The summed E-state index contributed by atoms with van der Waals surface area (Å²) in [7, 11) is 3.91. The first kappa shape index (κ1) is 27.0. The highest BCUT2D eigenvalue weighted by molar-refractivity contribution is 6.06. The van der Waals surface area contributed by atoms with Crippen LogP contribution in [0.2, 0.25) is 0 Å². The van der Waals surface area contributed by atoms with Crippen LogP contribution in [0.1, 0.15) is 39.9 Å². The van der Waals surface area contributed by atoms with E-state index in [4.69, 9.17) is 5.73 Å². The summed E-state index contributed by atoms with van der Waals surface area (Å²) in [6, 6.07) is 14.2. The smallest absolute Gasteiger partial charge is 0.399 e. The van der Waals surface area contributed by atoms with Gasteiger partial charge in [0.2, 0.25) is 0 Å². The van der Waals surface area contributed by atoms with E-state index in [1.54, 1.807) is 24.3 Å². The van der Waals surface area contributed by atoms with Gasteiger partial charge < -0.3 is 20.9 Å². The normalized spacial score (nSPS) is 15.7. The fraction of sp³-hybridized carbons (Fsp3) is 0.276. The van der Waals surface area contributed by atoms with Crippen LogP contribution in [-0.2, 0) is 6.18 Å². The van der Waals surface area contributed by atoms with Crippen molar-refractivity contribution in [2.75, 3.05) is 43.1 Å². The maximum absolute atomic E-state index is 14.7. The van der Waals surface area contributed by atoms with Gasteiger partial charge in [0, 0.05) is 35.9 Å². The zero-order chi connectivity index (χ0) is 27.4. The lowest BCUT2D eigenvalue weighted by atomic mass is 10.0. The zero-order valence-electron chi connectivity index (χ0n) is 21.1. The molecular formula is C29H28F4N4O. The van der Waals surface area contributed by atoms with Crippen LogP contribution in [0.4, 0.5) is 34.6 Å². The van der Waals surface area contributed by atoms with Crippen LogP contribution < -0.4 is 16.0 Å². The molecule has 4 rings (SSSR count). The molecule has 1 aliphatic rings. The van der Waals surface area contributed by atoms with Crippen LogP contribution in [-0.4, -0.2) is 44.0 Å². The number of halogens is 4. The van der Waals surface area contributed by atoms with E-state index in [1.807, 2.05) is 19.0 Å². The summed E-state index contributed by atoms with van der Waals surface area (Å²) in [5.41, 5.74) is 6.54. The molecule has 198 valence electrons. The number of nitrogens with zero attached hydrogens (tertiary/aromatic N) is 2. The van der Waals surface area contributed by atoms with Crippen molar-refractivity contribution in [1.82, 2.24) is 4.90 Å². The second-order valence-corrected chi connectivity index (χ2v) is 9.46. The number of carbonyl (C=O) groups is 1. The van der Waals surface area contributed by atoms with Crippen molar-refractivity contribution in [3.63, 3.8) is 0 Å². The molecule has 1 heterocycles. The standard InChI is InChI=1S/C29H28F4N4O/c1-36(2)23-4-3-15-37(18-23)27-14-10-21(29(31,32)33)17-26(27)35-28(38)24-16-20(9-13-25(24)30)6-5-19-7-11-22(34)12-8-19/h7-14,16-17,23H,3-4,15,18,34H2,1-2H3,(H,35,38)/t23-/m0/s1. The Morgan fingerprint density at radius 1 is 1.03 bits per heavy atom. The number of nitrogens with one attached hydrogen (secondary N) is 1. The van der Waals surface area contributed by atoms with Crippen molar-refractivity contribution in [1.29, 1.82) is 0 Å². The highest BCUT2D eigenvalue weighted by Gasteiger charge is 2.32. The molecule has 1 atom stereocenters. The molecule has 0 unspecified atom stereocenters. The van der Waals surface area contributed by atoms with E-state index in [9.17, 15) is 22.4 Å². The molecule has 1 saturated heterocycles. The average Bonchev–Trinajstić information content (AvgIpc) is 2.88. The number of hydrogen-bond acceptors (Lipinski definition) is 4. The van der Waals surface area contributed by atoms with Crippen LogP contribution in [0.15, 0.2) is 60.7 Å². The minimum Gasteiger partial charge on any atom is -0.399 e. The SMILES string of the molecule is CN(C)[C@H]1CCCN(c2ccc(C(F)(F)F)cc2NC(=O)c2cc(C#Cc3ccc(N)cc3)ccc2F)C1. The molecule has 1 fully saturated rings. The van der Waals surface area contributed by atoms with Crippen LogP contribution in [0.5, 0.6) is 0 Å². The molecule has 0 radical (unpaired) electrons. The van der Waals surface area contributed by atoms with Gasteiger partial charge in [-0.3, -0.25) is 4.79 Å². The molecule has 0 saturated carbocycles. The maximum atomic E-state index is 14.7. The van der Waals surface area contributed by atoms with Gasteiger partial charge in [-0.25, -0.2) is 4.39 Å². The summed E-state index contributed by atoms with van der Waals surface area (Å²) in [6.45, 7) is 1.22. The second-order valence-electron chi connectivity index (χ2n) is 9.46. The lowest BCUT2D eigenvalue weighted by molar-refractivity contribution is -0.137. The van der Waals surface area contributed by atoms with Crippen LogP contribution in [0.25, 0.3) is 0 Å². The lowest BCUT2D eigenvalue weighted by Crippen LogP contribution is -2.45. The first-order valence-electron chi connectivity index (χ1n) is 12.1. The number of amides is 1. The zero-order valence-corrected chi connectivity index (χ0v) is 21.1. The summed E-state index contributed by atoms with van der Waals surface area (Å²) in [6.07, 6.45) is -2.79. The summed E-state index contributed by atoms with van der Waals surface area (Å²) in [5.74, 6) is 4.13. The van der Waals surface area contributed by atoms with E-state index in [0.29, 0.717) is 35.6 Å². The molecule has 38 heavy (non-hydrogen) atoms. The Balaban J connectivity index is 1.64. The Hall–Kier alpha value is -4.03. The van der Waals surface area contributed by atoms with E-state index < -0.39 is 23.5 Å². The number of hydrogen-bond donors (Lipinski definition) is 2. The Morgan fingerprint density at radius 3 is 2.39 bits per heavy atom. The molecular weight excluding hydrogens is 496 g/mol. The third-order valence-corrected chi connectivity index (χ3v) is 6.51. The number of likely N-dealkylation sites (N-methyl/N-ethyl adjacent to an activating group) is 1. The minimum absolute atomic E-state index is 0.0259. The molecule has 3 aromatic carbocycles. The lowest BCUT2D eigenvalue weighted by Gasteiger charge is -2.38. The number of benzene rings is 3. The number of carbonyl (C=O) groups excluding carboxylic acids is 1. The Bertz CT molecular complexity index is 1370. The molecule has 3 N–H and O–H groups in total. The van der Waals surface area contributed by atoms with Crippen LogP contribution in [0.3, 0.4) is 0 Å². The fourth-order valence-corrected chi connectivity index (χ4v) is 4.36. The van der Waals surface area contributed by atoms with Crippen LogP contribution >= 0.6 is 0 Å². The minimum atomic E-state index is -4.60. The van der Waals surface area contributed by atoms with Gasteiger partial charge in [0.15, 0.2) is 0 Å². The highest BCUT2D eigenvalue weighted by Crippen LogP contribution is 2.37. The van der Waals surface area contributed by atoms with E-state index in [2.05, 4.69) is 22.1 Å². The molecule has 5 nitrogen and oxygen atoms in total. The van der Waals surface area contributed by atoms with Gasteiger partial charge in [-0.1, -0.05) is 11.8 Å². The van der Waals surface area contributed by atoms with E-state index >= 15 is 0 Å². The molecule has 9 heteroatoms. The fourth-order valence-electron chi connectivity index (χ4n) is 4.36. The molecule has 1 amide bonds. The van der Waals surface area contributed by atoms with Gasteiger partial charge in [-0.05, 0) is 87.6 Å². The molecule has 0 aromatic heterocycles. The second kappa shape index (κ2) is 11.2. The third-order valence-electron chi connectivity index (χ3n) is 6.51. The van der Waals surface area contributed by atoms with Gasteiger partial charge in [-0.2, -0.15) is 13.2 Å². The topological polar surface area (TPSA) is 61.6 Å². The number of alkyl halides is 3. The van der Waals surface area contributed by atoms with Crippen LogP contribution in [0, 0.1) is 17.7 Å². The van der Waals surface area contributed by atoms with Gasteiger partial charge in [-0.15, -0.1) is 0 Å². The van der Waals surface area contributed by atoms with Crippen molar-refractivity contribution in [3.8, 4) is 11.8 Å². The Kier molecular flexibility index (Phi) is 7.93. The number of piperidine rings is 1. The molecule has 0 aliphatic carbocycles. The van der Waals surface area contributed by atoms with Crippen molar-refractivity contribution in [2.24, 2.45) is 0 Å². The average molecular weight is 525 g/mol. The maximum Gasteiger partial charge on any atom is 0.416 e. The number of anilines is 3. The summed E-state index contributed by atoms with van der Waals surface area (Å²) in [5, 5.41) is 2.53. The van der Waals surface area contributed by atoms with E-state index in [0.717, 1.165) is 31.0 Å². The number of rotatable bonds is 4. The van der Waals surface area contributed by atoms with Gasteiger partial charge in [0.05, 0.1) is 22.5 Å². The summed E-state index contributed by atoms with van der Waals surface area (Å²) >= 11 is 0. The van der Waals surface area contributed by atoms with Crippen molar-refractivity contribution >= 4 is 23.0 Å². The summed E-state index contributed by atoms with van der Waals surface area (Å²) in [4.78, 5) is 17.2. The summed E-state index contributed by atoms with van der Waals surface area (Å²) < 4.78 is 55.2. The predicted molar refractivity (Wildman–Crippen MR) is 142 cm³/mol. The van der Waals surface area contributed by atoms with Crippen molar-refractivity contribution in [3.05, 3.63) is 88.7 Å². The van der Waals surface area contributed by atoms with Gasteiger partial charge >= 0.3 is 6.18 Å². The Labute approximate surface area is 219 Å². The van der Waals surface area contributed by atoms with E-state index in [-0.39, 0.29) is 17.3 Å². The molecule has 1 aliphatic heterocycles. The first-order chi connectivity index (χ1) is 18.0. The van der Waals surface area contributed by atoms with E-state index in [1.165, 1.54) is 18.2 Å². The van der Waals surface area contributed by atoms with Gasteiger partial charge in [0.25, 0.3) is 5.91 Å². The van der Waals surface area contributed by atoms with Crippen molar-refractivity contribution < 1.29 is 22.4 Å². The number of nitrogen functional groups attached to an aromatic ring is 1. The Morgan fingerprint density at radius 2 is 1.71 bits per heavy atom. The third kappa shape index (κ3) is 6.45. The molecule has 0 spiro atoms. The predicted octanol–water partition coefficient (Wildman–Crippen LogP) is 5.61. The quantitative estimate of drug-likeness (QED) is 0.265. The molecule has 3 aromatic rings. The monoisotopic (exact) mass is 524 g/mol. The van der Waals surface area contributed by atoms with Crippen molar-refractivity contribution in [2.45, 2.75) is 25.1 Å². The largest absolute Gasteiger partial charge is 0.416 e.